The highest BCUT2D eigenvalue weighted by Crippen LogP contribution is 2.55. The van der Waals surface area contributed by atoms with Crippen molar-refractivity contribution in [2.45, 2.75) is 27.2 Å². The molecule has 2 bridgehead atoms. The molecule has 1 heterocycles. The molecule has 1 saturated heterocycles. The van der Waals surface area contributed by atoms with E-state index in [-0.39, 0.29) is 41.4 Å². The van der Waals surface area contributed by atoms with Gasteiger partial charge in [0.2, 0.25) is 11.8 Å². The minimum absolute atomic E-state index is 0.128. The zero-order valence-corrected chi connectivity index (χ0v) is 17.3. The quantitative estimate of drug-likeness (QED) is 0.618. The molecule has 1 aliphatic heterocycles. The van der Waals surface area contributed by atoms with Gasteiger partial charge in [-0.05, 0) is 80.5 Å². The average molecular weight is 400 g/mol. The molecule has 0 unspecified atom stereocenters. The molecule has 2 aliphatic carbocycles. The van der Waals surface area contributed by atoms with Gasteiger partial charge in [0.25, 0.3) is 5.91 Å². The van der Waals surface area contributed by atoms with Gasteiger partial charge in [-0.25, -0.2) is 4.90 Å². The summed E-state index contributed by atoms with van der Waals surface area (Å²) in [6.07, 6.45) is 3.07. The summed E-state index contributed by atoms with van der Waals surface area (Å²) in [4.78, 5) is 40.4. The van der Waals surface area contributed by atoms with E-state index in [1.54, 1.807) is 24.3 Å². The molecule has 30 heavy (non-hydrogen) atoms. The van der Waals surface area contributed by atoms with Crippen molar-refractivity contribution in [3.63, 3.8) is 0 Å². The van der Waals surface area contributed by atoms with Crippen molar-refractivity contribution in [1.82, 2.24) is 0 Å². The summed E-state index contributed by atoms with van der Waals surface area (Å²) in [5.41, 5.74) is 4.98. The van der Waals surface area contributed by atoms with Crippen LogP contribution in [0.25, 0.3) is 0 Å². The van der Waals surface area contributed by atoms with E-state index in [0.29, 0.717) is 11.3 Å². The third-order valence-electron chi connectivity index (χ3n) is 6.73. The first kappa shape index (κ1) is 18.8. The number of rotatable bonds is 3. The summed E-state index contributed by atoms with van der Waals surface area (Å²) in [7, 11) is 0. The van der Waals surface area contributed by atoms with E-state index in [1.807, 2.05) is 32.0 Å². The van der Waals surface area contributed by atoms with Crippen LogP contribution in [0.1, 0.15) is 34.8 Å². The fraction of sp³-hybridized carbons (Fsp3) is 0.320. The monoisotopic (exact) mass is 400 g/mol. The molecule has 5 heteroatoms. The molecule has 2 fully saturated rings. The van der Waals surface area contributed by atoms with E-state index in [1.165, 1.54) is 10.5 Å². The molecule has 152 valence electrons. The van der Waals surface area contributed by atoms with Crippen molar-refractivity contribution in [2.75, 3.05) is 10.2 Å². The van der Waals surface area contributed by atoms with Gasteiger partial charge in [0.1, 0.15) is 0 Å². The fourth-order valence-corrected chi connectivity index (χ4v) is 5.57. The zero-order valence-electron chi connectivity index (χ0n) is 17.3. The van der Waals surface area contributed by atoms with Crippen molar-refractivity contribution >= 4 is 29.1 Å². The first-order valence-corrected chi connectivity index (χ1v) is 10.4. The Morgan fingerprint density at radius 2 is 1.67 bits per heavy atom. The van der Waals surface area contributed by atoms with Gasteiger partial charge in [0.05, 0.1) is 17.5 Å². The van der Waals surface area contributed by atoms with Gasteiger partial charge in [-0.2, -0.15) is 0 Å². The van der Waals surface area contributed by atoms with Crippen molar-refractivity contribution in [3.05, 3.63) is 70.8 Å². The minimum Gasteiger partial charge on any atom is -0.322 e. The minimum atomic E-state index is -0.265. The van der Waals surface area contributed by atoms with Crippen molar-refractivity contribution in [3.8, 4) is 0 Å². The predicted molar refractivity (Wildman–Crippen MR) is 115 cm³/mol. The third kappa shape index (κ3) is 2.80. The van der Waals surface area contributed by atoms with Crippen LogP contribution in [0.4, 0.5) is 11.4 Å². The second-order valence-corrected chi connectivity index (χ2v) is 8.86. The Morgan fingerprint density at radius 3 is 2.40 bits per heavy atom. The number of hydrogen-bond acceptors (Lipinski definition) is 3. The van der Waals surface area contributed by atoms with Gasteiger partial charge in [-0.3, -0.25) is 14.4 Å². The second-order valence-electron chi connectivity index (χ2n) is 8.86. The van der Waals surface area contributed by atoms with Crippen LogP contribution in [0.3, 0.4) is 0 Å². The number of amides is 3. The van der Waals surface area contributed by atoms with Gasteiger partial charge in [-0.1, -0.05) is 23.8 Å². The van der Waals surface area contributed by atoms with Crippen LogP contribution in [-0.4, -0.2) is 17.7 Å². The van der Waals surface area contributed by atoms with Gasteiger partial charge in [-0.15, -0.1) is 0 Å². The average Bonchev–Trinajstić information content (AvgIpc) is 3.31. The molecule has 2 aromatic rings. The van der Waals surface area contributed by atoms with E-state index >= 15 is 0 Å². The molecular formula is C25H24N2O3. The normalized spacial score (nSPS) is 26.8. The van der Waals surface area contributed by atoms with Gasteiger partial charge < -0.3 is 5.32 Å². The van der Waals surface area contributed by atoms with E-state index in [2.05, 4.69) is 18.3 Å². The number of benzene rings is 2. The lowest BCUT2D eigenvalue weighted by molar-refractivity contribution is -0.123. The van der Waals surface area contributed by atoms with Crippen LogP contribution in [0.2, 0.25) is 0 Å². The van der Waals surface area contributed by atoms with E-state index < -0.39 is 0 Å². The number of fused-ring (bicyclic) bond motifs is 5. The molecule has 1 saturated carbocycles. The lowest BCUT2D eigenvalue weighted by Gasteiger charge is -2.19. The maximum Gasteiger partial charge on any atom is 0.255 e. The Balaban J connectivity index is 1.41. The highest BCUT2D eigenvalue weighted by molar-refractivity contribution is 6.23. The number of nitrogens with one attached hydrogen (secondary N) is 1. The van der Waals surface area contributed by atoms with Crippen molar-refractivity contribution in [1.29, 1.82) is 0 Å². The largest absolute Gasteiger partial charge is 0.322 e. The molecule has 3 aliphatic rings. The number of allylic oxidation sites excluding steroid dienone is 2. The zero-order chi connectivity index (χ0) is 21.2. The summed E-state index contributed by atoms with van der Waals surface area (Å²) in [5, 5.41) is 2.91. The molecule has 0 aromatic heterocycles. The summed E-state index contributed by atoms with van der Waals surface area (Å²) in [6.45, 7) is 6.02. The number of carbonyl (C=O) groups is 3. The Labute approximate surface area is 175 Å². The first-order chi connectivity index (χ1) is 14.3. The highest BCUT2D eigenvalue weighted by atomic mass is 16.2. The molecule has 5 nitrogen and oxygen atoms in total. The standard InChI is InChI=1S/C25H24N2O3/c1-13-7-14(2)9-18(8-13)26-23(28)16-5-4-6-19(11-16)27-24(29)21-17-10-15(3)20(12-17)22(21)25(27)30/h4-11,17,20-22H,12H2,1-3H3,(H,26,28)/t17-,20+,21-,22+/m0/s1. The molecule has 0 radical (unpaired) electrons. The molecule has 1 N–H and O–H groups in total. The predicted octanol–water partition coefficient (Wildman–Crippen LogP) is 4.26. The Kier molecular flexibility index (Phi) is 4.17. The van der Waals surface area contributed by atoms with Crippen LogP contribution in [0.15, 0.2) is 54.1 Å². The van der Waals surface area contributed by atoms with Crippen LogP contribution in [-0.2, 0) is 9.59 Å². The fourth-order valence-electron chi connectivity index (χ4n) is 5.57. The lowest BCUT2D eigenvalue weighted by atomic mass is 9.82. The first-order valence-electron chi connectivity index (χ1n) is 10.4. The van der Waals surface area contributed by atoms with Crippen LogP contribution < -0.4 is 10.2 Å². The van der Waals surface area contributed by atoms with Gasteiger partial charge in [0, 0.05) is 11.3 Å². The smallest absolute Gasteiger partial charge is 0.255 e. The maximum atomic E-state index is 13.2. The van der Waals surface area contributed by atoms with Crippen LogP contribution in [0, 0.1) is 37.5 Å². The van der Waals surface area contributed by atoms with Gasteiger partial charge in [0.15, 0.2) is 0 Å². The molecule has 4 atom stereocenters. The van der Waals surface area contributed by atoms with Gasteiger partial charge >= 0.3 is 0 Å². The van der Waals surface area contributed by atoms with Crippen molar-refractivity contribution in [2.24, 2.45) is 23.7 Å². The number of imide groups is 1. The van der Waals surface area contributed by atoms with Crippen molar-refractivity contribution < 1.29 is 14.4 Å². The number of anilines is 2. The number of aryl methyl sites for hydroxylation is 2. The topological polar surface area (TPSA) is 66.5 Å². The Morgan fingerprint density at radius 1 is 0.967 bits per heavy atom. The molecular weight excluding hydrogens is 376 g/mol. The number of hydrogen-bond donors (Lipinski definition) is 1. The Bertz CT molecular complexity index is 1110. The summed E-state index contributed by atoms with van der Waals surface area (Å²) >= 11 is 0. The number of carbonyl (C=O) groups excluding carboxylic acids is 3. The summed E-state index contributed by atoms with van der Waals surface area (Å²) in [6, 6.07) is 12.6. The molecule has 5 rings (SSSR count). The highest BCUT2D eigenvalue weighted by Gasteiger charge is 2.60. The summed E-state index contributed by atoms with van der Waals surface area (Å²) < 4.78 is 0. The Hall–Kier alpha value is -3.21. The SMILES string of the molecule is CC1=C[C@H]2C[C@H]1[C@H]1C(=O)N(c3cccc(C(=O)Nc4cc(C)cc(C)c4)c3)C(=O)[C@H]12. The maximum absolute atomic E-state index is 13.2. The van der Waals surface area contributed by atoms with E-state index in [9.17, 15) is 14.4 Å². The summed E-state index contributed by atoms with van der Waals surface area (Å²) in [5.74, 6) is -0.683. The second kappa shape index (κ2) is 6.66. The van der Waals surface area contributed by atoms with Crippen LogP contribution >= 0.6 is 0 Å². The lowest BCUT2D eigenvalue weighted by Crippen LogP contribution is -2.33. The molecule has 0 spiro atoms. The van der Waals surface area contributed by atoms with E-state index in [0.717, 1.165) is 23.2 Å². The molecule has 2 aromatic carbocycles. The van der Waals surface area contributed by atoms with E-state index in [4.69, 9.17) is 0 Å². The molecule has 3 amide bonds. The third-order valence-corrected chi connectivity index (χ3v) is 6.73. The number of nitrogens with zero attached hydrogens (tertiary/aromatic N) is 1. The van der Waals surface area contributed by atoms with Crippen LogP contribution in [0.5, 0.6) is 0 Å².